The van der Waals surface area contributed by atoms with E-state index in [1.54, 1.807) is 12.1 Å². The van der Waals surface area contributed by atoms with E-state index in [1.807, 2.05) is 0 Å². The van der Waals surface area contributed by atoms with Crippen LogP contribution in [0.15, 0.2) is 54.6 Å². The van der Waals surface area contributed by atoms with Gasteiger partial charge in [-0.2, -0.15) is 0 Å². The summed E-state index contributed by atoms with van der Waals surface area (Å²) in [4.78, 5) is 49.8. The zero-order valence-electron chi connectivity index (χ0n) is 19.7. The maximum Gasteiger partial charge on any atom is 0.338 e. The number of carbonyl (C=O) groups is 4. The number of hydrogen-bond acceptors (Lipinski definition) is 9. The molecule has 0 aliphatic heterocycles. The van der Waals surface area contributed by atoms with Crippen molar-refractivity contribution in [3.05, 3.63) is 82.4 Å². The SMILES string of the molecule is O=C(O[C@@H]1CCC[C@H]1NC(=O)c1ccccc1O)c1cc(O)c(C(=O)c2c(O)cccc2C(=O)O)c(O)c1. The average molecular weight is 521 g/mol. The highest BCUT2D eigenvalue weighted by atomic mass is 16.5. The molecule has 2 atom stereocenters. The van der Waals surface area contributed by atoms with Gasteiger partial charge in [-0.25, -0.2) is 9.59 Å². The number of esters is 1. The lowest BCUT2D eigenvalue weighted by atomic mass is 9.95. The number of phenols is 4. The Kier molecular flexibility index (Phi) is 7.19. The highest BCUT2D eigenvalue weighted by Crippen LogP contribution is 2.35. The van der Waals surface area contributed by atoms with E-state index in [9.17, 15) is 44.7 Å². The van der Waals surface area contributed by atoms with Crippen LogP contribution in [0.2, 0.25) is 0 Å². The lowest BCUT2D eigenvalue weighted by Gasteiger charge is -2.22. The summed E-state index contributed by atoms with van der Waals surface area (Å²) >= 11 is 0. The summed E-state index contributed by atoms with van der Waals surface area (Å²) in [6.07, 6.45) is 0.840. The quantitative estimate of drug-likeness (QED) is 0.199. The Morgan fingerprint density at radius 2 is 1.39 bits per heavy atom. The Labute approximate surface area is 215 Å². The molecule has 0 saturated heterocycles. The minimum atomic E-state index is -1.51. The van der Waals surface area contributed by atoms with Gasteiger partial charge in [-0.3, -0.25) is 9.59 Å². The van der Waals surface area contributed by atoms with Gasteiger partial charge in [0.05, 0.1) is 28.3 Å². The number of phenolic OH excluding ortho intramolecular Hbond substituents is 4. The van der Waals surface area contributed by atoms with Crippen molar-refractivity contribution >= 4 is 23.6 Å². The second kappa shape index (κ2) is 10.5. The lowest BCUT2D eigenvalue weighted by molar-refractivity contribution is 0.0249. The van der Waals surface area contributed by atoms with Gasteiger partial charge in [-0.15, -0.1) is 0 Å². The summed E-state index contributed by atoms with van der Waals surface area (Å²) in [7, 11) is 0. The third kappa shape index (κ3) is 5.07. The summed E-state index contributed by atoms with van der Waals surface area (Å²) in [6, 6.07) is 10.6. The van der Waals surface area contributed by atoms with E-state index in [0.29, 0.717) is 19.3 Å². The van der Waals surface area contributed by atoms with Crippen LogP contribution in [0.5, 0.6) is 23.0 Å². The van der Waals surface area contributed by atoms with Crippen LogP contribution in [0, 0.1) is 0 Å². The van der Waals surface area contributed by atoms with Crippen LogP contribution in [0.4, 0.5) is 0 Å². The lowest BCUT2D eigenvalue weighted by Crippen LogP contribution is -2.42. The molecule has 1 amide bonds. The molecule has 196 valence electrons. The van der Waals surface area contributed by atoms with Crippen molar-refractivity contribution in [1.29, 1.82) is 0 Å². The Hall–Kier alpha value is -5.06. The van der Waals surface area contributed by atoms with Crippen molar-refractivity contribution in [2.45, 2.75) is 31.4 Å². The number of hydrogen-bond donors (Lipinski definition) is 6. The van der Waals surface area contributed by atoms with Gasteiger partial charge in [0.15, 0.2) is 0 Å². The maximum absolute atomic E-state index is 13.0. The van der Waals surface area contributed by atoms with Crippen LogP contribution in [-0.4, -0.2) is 61.3 Å². The fourth-order valence-corrected chi connectivity index (χ4v) is 4.39. The minimum absolute atomic E-state index is 0.0649. The number of ether oxygens (including phenoxy) is 1. The van der Waals surface area contributed by atoms with Crippen LogP contribution in [0.1, 0.15) is 66.3 Å². The number of para-hydroxylation sites is 1. The van der Waals surface area contributed by atoms with Crippen molar-refractivity contribution < 1.29 is 49.4 Å². The van der Waals surface area contributed by atoms with E-state index >= 15 is 0 Å². The van der Waals surface area contributed by atoms with Gasteiger partial charge >= 0.3 is 11.9 Å². The van der Waals surface area contributed by atoms with Crippen LogP contribution in [0.25, 0.3) is 0 Å². The summed E-state index contributed by atoms with van der Waals surface area (Å²) < 4.78 is 5.50. The molecule has 0 heterocycles. The number of carboxylic acids is 1. The predicted octanol–water partition coefficient (Wildman–Crippen LogP) is 2.95. The number of ketones is 1. The molecular formula is C27H23NO10. The monoisotopic (exact) mass is 521 g/mol. The Bertz CT molecular complexity index is 1420. The second-order valence-corrected chi connectivity index (χ2v) is 8.70. The molecule has 0 aromatic heterocycles. The van der Waals surface area contributed by atoms with Crippen molar-refractivity contribution in [3.63, 3.8) is 0 Å². The first kappa shape index (κ1) is 26.0. The van der Waals surface area contributed by atoms with E-state index in [4.69, 9.17) is 4.74 Å². The standard InChI is InChI=1S/C27H23NO10/c29-17-8-2-1-5-14(17)25(34)28-16-7-4-10-21(16)38-27(37)13-11-19(31)23(20(32)12-13)24(33)22-15(26(35)36)6-3-9-18(22)30/h1-3,5-6,8-9,11-12,16,21,29-32H,4,7,10H2,(H,28,34)(H,35,36)/t16-,21-/m1/s1. The molecule has 3 aromatic carbocycles. The molecular weight excluding hydrogens is 498 g/mol. The molecule has 11 heteroatoms. The largest absolute Gasteiger partial charge is 0.507 e. The summed E-state index contributed by atoms with van der Waals surface area (Å²) in [5.74, 6) is -6.71. The Morgan fingerprint density at radius 3 is 2.05 bits per heavy atom. The van der Waals surface area contributed by atoms with E-state index in [0.717, 1.165) is 24.3 Å². The van der Waals surface area contributed by atoms with E-state index in [-0.39, 0.29) is 16.9 Å². The van der Waals surface area contributed by atoms with Crippen molar-refractivity contribution in [1.82, 2.24) is 5.32 Å². The summed E-state index contributed by atoms with van der Waals surface area (Å²) in [5.41, 5.74) is -2.13. The van der Waals surface area contributed by atoms with Gasteiger partial charge in [-0.05, 0) is 55.7 Å². The Morgan fingerprint density at radius 1 is 0.763 bits per heavy atom. The zero-order chi connectivity index (χ0) is 27.6. The fourth-order valence-electron chi connectivity index (χ4n) is 4.39. The van der Waals surface area contributed by atoms with E-state index < -0.39 is 69.7 Å². The first-order valence-electron chi connectivity index (χ1n) is 11.5. The van der Waals surface area contributed by atoms with Crippen LogP contribution >= 0.6 is 0 Å². The van der Waals surface area contributed by atoms with Gasteiger partial charge in [0.2, 0.25) is 5.78 Å². The topological polar surface area (TPSA) is 191 Å². The number of aromatic hydroxyl groups is 4. The molecule has 4 rings (SSSR count). The normalized spacial score (nSPS) is 16.5. The predicted molar refractivity (Wildman–Crippen MR) is 131 cm³/mol. The molecule has 1 fully saturated rings. The average Bonchev–Trinajstić information content (AvgIpc) is 3.29. The van der Waals surface area contributed by atoms with Crippen molar-refractivity contribution in [2.24, 2.45) is 0 Å². The van der Waals surface area contributed by atoms with Gasteiger partial charge in [0.25, 0.3) is 5.91 Å². The highest BCUT2D eigenvalue weighted by Gasteiger charge is 2.33. The van der Waals surface area contributed by atoms with Crippen LogP contribution < -0.4 is 5.32 Å². The number of carbonyl (C=O) groups excluding carboxylic acids is 3. The second-order valence-electron chi connectivity index (χ2n) is 8.70. The molecule has 0 spiro atoms. The van der Waals surface area contributed by atoms with Gasteiger partial charge in [-0.1, -0.05) is 18.2 Å². The summed E-state index contributed by atoms with van der Waals surface area (Å²) in [5, 5.41) is 53.0. The zero-order valence-corrected chi connectivity index (χ0v) is 19.7. The van der Waals surface area contributed by atoms with E-state index in [1.165, 1.54) is 18.2 Å². The highest BCUT2D eigenvalue weighted by molar-refractivity contribution is 6.18. The van der Waals surface area contributed by atoms with Gasteiger partial charge < -0.3 is 35.6 Å². The van der Waals surface area contributed by atoms with Gasteiger partial charge in [0, 0.05) is 0 Å². The fraction of sp³-hybridized carbons (Fsp3) is 0.185. The minimum Gasteiger partial charge on any atom is -0.507 e. The third-order valence-corrected chi connectivity index (χ3v) is 6.24. The summed E-state index contributed by atoms with van der Waals surface area (Å²) in [6.45, 7) is 0. The molecule has 0 radical (unpaired) electrons. The van der Waals surface area contributed by atoms with Crippen molar-refractivity contribution in [2.75, 3.05) is 0 Å². The number of rotatable bonds is 7. The number of carboxylic acid groups (broad SMARTS) is 1. The first-order chi connectivity index (χ1) is 18.1. The van der Waals surface area contributed by atoms with Crippen LogP contribution in [-0.2, 0) is 4.74 Å². The molecule has 6 N–H and O–H groups in total. The number of aromatic carboxylic acids is 1. The third-order valence-electron chi connectivity index (χ3n) is 6.24. The number of amides is 1. The van der Waals surface area contributed by atoms with Crippen LogP contribution in [0.3, 0.4) is 0 Å². The van der Waals surface area contributed by atoms with Crippen molar-refractivity contribution in [3.8, 4) is 23.0 Å². The molecule has 0 unspecified atom stereocenters. The number of nitrogens with one attached hydrogen (secondary N) is 1. The molecule has 0 bridgehead atoms. The molecule has 38 heavy (non-hydrogen) atoms. The Balaban J connectivity index is 1.53. The molecule has 1 aliphatic carbocycles. The first-order valence-corrected chi connectivity index (χ1v) is 11.5. The van der Waals surface area contributed by atoms with E-state index in [2.05, 4.69) is 5.32 Å². The smallest absolute Gasteiger partial charge is 0.338 e. The maximum atomic E-state index is 13.0. The molecule has 3 aromatic rings. The molecule has 11 nitrogen and oxygen atoms in total. The molecule has 1 saturated carbocycles. The number of benzene rings is 3. The van der Waals surface area contributed by atoms with Gasteiger partial charge in [0.1, 0.15) is 34.7 Å². The molecule has 1 aliphatic rings.